The number of carboxylic acid groups (broad SMARTS) is 1. The summed E-state index contributed by atoms with van der Waals surface area (Å²) in [4.78, 5) is 11.2. The topological polar surface area (TPSA) is 55.1 Å². The number of hydrogen-bond acceptors (Lipinski definition) is 2. The fraction of sp³-hybridized carbons (Fsp3) is 0.200. The van der Waals surface area contributed by atoms with Crippen LogP contribution in [0.25, 0.3) is 11.3 Å². The number of nitrogens with zero attached hydrogens (tertiary/aromatic N) is 2. The van der Waals surface area contributed by atoms with E-state index in [4.69, 9.17) is 5.11 Å². The molecule has 4 heteroatoms. The summed E-state index contributed by atoms with van der Waals surface area (Å²) in [5, 5.41) is 13.8. The number of allylic oxidation sites excluding steroid dienone is 5. The molecule has 1 N–H and O–H groups in total. The van der Waals surface area contributed by atoms with Crippen molar-refractivity contribution >= 4 is 11.5 Å². The first-order valence-electron chi connectivity index (χ1n) is 8.10. The number of carboxylic acids is 1. The Kier molecular flexibility index (Phi) is 4.75. The van der Waals surface area contributed by atoms with Crippen molar-refractivity contribution in [3.8, 4) is 5.69 Å². The van der Waals surface area contributed by atoms with Gasteiger partial charge in [-0.2, -0.15) is 5.10 Å². The highest BCUT2D eigenvalue weighted by Gasteiger charge is 2.13. The van der Waals surface area contributed by atoms with Gasteiger partial charge in [0.05, 0.1) is 16.9 Å². The number of carbonyl (C=O) groups is 1. The van der Waals surface area contributed by atoms with Gasteiger partial charge in [-0.15, -0.1) is 0 Å². The summed E-state index contributed by atoms with van der Waals surface area (Å²) in [5.74, 6) is -0.939. The Morgan fingerprint density at radius 3 is 2.96 bits per heavy atom. The third kappa shape index (κ3) is 3.54. The number of benzene rings is 1. The molecule has 4 nitrogen and oxygen atoms in total. The largest absolute Gasteiger partial charge is 0.478 e. The van der Waals surface area contributed by atoms with E-state index in [1.165, 1.54) is 0 Å². The lowest BCUT2D eigenvalue weighted by atomic mass is 10.0. The summed E-state index contributed by atoms with van der Waals surface area (Å²) in [6.45, 7) is 4.12. The molecule has 0 spiro atoms. The van der Waals surface area contributed by atoms with Gasteiger partial charge in [0.1, 0.15) is 0 Å². The van der Waals surface area contributed by atoms with Crippen molar-refractivity contribution in [2.24, 2.45) is 0 Å². The molecule has 1 heterocycles. The molecule has 2 aromatic rings. The Bertz CT molecular complexity index is 828. The molecule has 1 aromatic carbocycles. The van der Waals surface area contributed by atoms with Crippen LogP contribution in [-0.4, -0.2) is 20.9 Å². The van der Waals surface area contributed by atoms with Crippen LogP contribution in [0.5, 0.6) is 0 Å². The Morgan fingerprint density at radius 1 is 1.25 bits per heavy atom. The first-order chi connectivity index (χ1) is 11.6. The molecule has 0 atom stereocenters. The lowest BCUT2D eigenvalue weighted by Crippen LogP contribution is -2.00. The fourth-order valence-electron chi connectivity index (χ4n) is 2.78. The maximum atomic E-state index is 11.2. The van der Waals surface area contributed by atoms with E-state index in [9.17, 15) is 4.79 Å². The average molecular weight is 320 g/mol. The average Bonchev–Trinajstić information content (AvgIpc) is 3.00. The minimum absolute atomic E-state index is 0.254. The molecule has 1 aromatic heterocycles. The number of aromatic nitrogens is 2. The van der Waals surface area contributed by atoms with E-state index in [1.807, 2.05) is 30.5 Å². The van der Waals surface area contributed by atoms with Gasteiger partial charge in [0.2, 0.25) is 0 Å². The standard InChI is InChI=1S/C20H20N2O2/c1-15-9-6-4-2-3-5-7-10-17-14-22(21-19(15)17)18-12-8-11-16(13-18)20(23)24/h2,4,6,8-9,11-14H,1,3,5,7,10H2,(H,23,24)/b4-2-,9-6-. The second-order valence-corrected chi connectivity index (χ2v) is 5.86. The third-order valence-electron chi connectivity index (χ3n) is 4.06. The molecule has 0 bridgehead atoms. The van der Waals surface area contributed by atoms with Crippen LogP contribution < -0.4 is 0 Å². The Morgan fingerprint density at radius 2 is 2.12 bits per heavy atom. The normalized spacial score (nSPS) is 17.6. The molecule has 0 unspecified atom stereocenters. The zero-order valence-corrected chi connectivity index (χ0v) is 13.5. The zero-order valence-electron chi connectivity index (χ0n) is 13.5. The molecule has 0 fully saturated rings. The van der Waals surface area contributed by atoms with Gasteiger partial charge >= 0.3 is 5.97 Å². The van der Waals surface area contributed by atoms with Gasteiger partial charge in [0.25, 0.3) is 0 Å². The number of hydrogen-bond donors (Lipinski definition) is 1. The quantitative estimate of drug-likeness (QED) is 0.891. The van der Waals surface area contributed by atoms with Gasteiger partial charge < -0.3 is 5.11 Å². The van der Waals surface area contributed by atoms with Crippen molar-refractivity contribution in [2.75, 3.05) is 0 Å². The molecule has 24 heavy (non-hydrogen) atoms. The van der Waals surface area contributed by atoms with E-state index in [0.717, 1.165) is 48.2 Å². The highest BCUT2D eigenvalue weighted by atomic mass is 16.4. The summed E-state index contributed by atoms with van der Waals surface area (Å²) in [7, 11) is 0. The van der Waals surface area contributed by atoms with Crippen LogP contribution in [0.2, 0.25) is 0 Å². The van der Waals surface area contributed by atoms with Crippen LogP contribution in [0.1, 0.15) is 40.9 Å². The van der Waals surface area contributed by atoms with Gasteiger partial charge in [-0.3, -0.25) is 0 Å². The third-order valence-corrected chi connectivity index (χ3v) is 4.06. The van der Waals surface area contributed by atoms with E-state index < -0.39 is 5.97 Å². The summed E-state index contributed by atoms with van der Waals surface area (Å²) >= 11 is 0. The molecule has 0 amide bonds. The molecule has 0 saturated carbocycles. The minimum Gasteiger partial charge on any atom is -0.478 e. The maximum Gasteiger partial charge on any atom is 0.335 e. The van der Waals surface area contributed by atoms with Gasteiger partial charge in [0, 0.05) is 6.20 Å². The van der Waals surface area contributed by atoms with E-state index in [1.54, 1.807) is 22.9 Å². The van der Waals surface area contributed by atoms with E-state index in [0.29, 0.717) is 0 Å². The van der Waals surface area contributed by atoms with Crippen molar-refractivity contribution < 1.29 is 9.90 Å². The molecular weight excluding hydrogens is 300 g/mol. The molecule has 1 aliphatic rings. The van der Waals surface area contributed by atoms with Crippen LogP contribution in [0.15, 0.2) is 61.3 Å². The lowest BCUT2D eigenvalue weighted by Gasteiger charge is -2.02. The van der Waals surface area contributed by atoms with E-state index in [2.05, 4.69) is 17.8 Å². The van der Waals surface area contributed by atoms with Crippen LogP contribution >= 0.6 is 0 Å². The van der Waals surface area contributed by atoms with Crippen LogP contribution in [0, 0.1) is 0 Å². The van der Waals surface area contributed by atoms with Crippen LogP contribution in [-0.2, 0) is 6.42 Å². The summed E-state index contributed by atoms with van der Waals surface area (Å²) in [6.07, 6.45) is 14.4. The molecular formula is C20H20N2O2. The van der Waals surface area contributed by atoms with Crippen molar-refractivity contribution in [3.63, 3.8) is 0 Å². The SMILES string of the molecule is C=C1/C=C\C=C/CCCCc2cn(-c3cccc(C(=O)O)c3)nc21. The van der Waals surface area contributed by atoms with Gasteiger partial charge in [0.15, 0.2) is 0 Å². The highest BCUT2D eigenvalue weighted by Crippen LogP contribution is 2.23. The predicted molar refractivity (Wildman–Crippen MR) is 95.4 cm³/mol. The molecule has 1 aliphatic carbocycles. The van der Waals surface area contributed by atoms with Gasteiger partial charge in [-0.25, -0.2) is 9.48 Å². The summed E-state index contributed by atoms with van der Waals surface area (Å²) < 4.78 is 1.75. The van der Waals surface area contributed by atoms with Crippen LogP contribution in [0.4, 0.5) is 0 Å². The summed E-state index contributed by atoms with van der Waals surface area (Å²) in [5.41, 5.74) is 3.88. The molecule has 122 valence electrons. The van der Waals surface area contributed by atoms with E-state index >= 15 is 0 Å². The zero-order chi connectivity index (χ0) is 16.9. The van der Waals surface area contributed by atoms with E-state index in [-0.39, 0.29) is 5.56 Å². The molecule has 0 aliphatic heterocycles. The van der Waals surface area contributed by atoms with Gasteiger partial charge in [-0.1, -0.05) is 36.9 Å². The maximum absolute atomic E-state index is 11.2. The van der Waals surface area contributed by atoms with Crippen molar-refractivity contribution in [1.29, 1.82) is 0 Å². The number of aromatic carboxylic acids is 1. The number of fused-ring (bicyclic) bond motifs is 1. The number of aryl methyl sites for hydroxylation is 1. The van der Waals surface area contributed by atoms with Crippen molar-refractivity contribution in [2.45, 2.75) is 25.7 Å². The monoisotopic (exact) mass is 320 g/mol. The first kappa shape index (κ1) is 16.0. The lowest BCUT2D eigenvalue weighted by molar-refractivity contribution is 0.0697. The predicted octanol–water partition coefficient (Wildman–Crippen LogP) is 4.42. The second-order valence-electron chi connectivity index (χ2n) is 5.86. The molecule has 0 saturated heterocycles. The summed E-state index contributed by atoms with van der Waals surface area (Å²) in [6, 6.07) is 6.81. The molecule has 0 radical (unpaired) electrons. The van der Waals surface area contributed by atoms with Gasteiger partial charge in [-0.05, 0) is 55.0 Å². The Labute approximate surface area is 141 Å². The van der Waals surface area contributed by atoms with Crippen LogP contribution in [0.3, 0.4) is 0 Å². The number of rotatable bonds is 2. The second kappa shape index (κ2) is 7.13. The minimum atomic E-state index is -0.939. The fourth-order valence-corrected chi connectivity index (χ4v) is 2.78. The van der Waals surface area contributed by atoms with Crippen molar-refractivity contribution in [3.05, 3.63) is 78.2 Å². The smallest absolute Gasteiger partial charge is 0.335 e. The highest BCUT2D eigenvalue weighted by molar-refractivity contribution is 5.88. The Hall–Kier alpha value is -2.88. The molecule has 3 rings (SSSR count). The van der Waals surface area contributed by atoms with Crippen molar-refractivity contribution in [1.82, 2.24) is 9.78 Å². The Balaban J connectivity index is 2.00. The first-order valence-corrected chi connectivity index (χ1v) is 8.10.